The van der Waals surface area contributed by atoms with Gasteiger partial charge in [-0.3, -0.25) is 0 Å². The van der Waals surface area contributed by atoms with Crippen molar-refractivity contribution in [3.05, 3.63) is 51.9 Å². The fourth-order valence-electron chi connectivity index (χ4n) is 4.25. The van der Waals surface area contributed by atoms with Crippen LogP contribution in [0.1, 0.15) is 31.7 Å². The van der Waals surface area contributed by atoms with E-state index in [-0.39, 0.29) is 27.3 Å². The Hall–Kier alpha value is -1.49. The summed E-state index contributed by atoms with van der Waals surface area (Å²) in [7, 11) is -1.90. The third-order valence-corrected chi connectivity index (χ3v) is 9.94. The number of aromatic nitrogens is 2. The van der Waals surface area contributed by atoms with Crippen LogP contribution in [0.5, 0.6) is 0 Å². The van der Waals surface area contributed by atoms with Crippen LogP contribution in [0, 0.1) is 3.57 Å². The van der Waals surface area contributed by atoms with E-state index < -0.39 is 10.0 Å². The molecule has 1 aliphatic heterocycles. The van der Waals surface area contributed by atoms with E-state index in [1.807, 2.05) is 29.0 Å². The van der Waals surface area contributed by atoms with Crippen LogP contribution in [0.25, 0.3) is 16.6 Å². The first-order valence-corrected chi connectivity index (χ1v) is 15.3. The normalized spacial score (nSPS) is 16.4. The topological polar surface area (TPSA) is 63.9 Å². The van der Waals surface area contributed by atoms with Gasteiger partial charge in [0.1, 0.15) is 0 Å². The van der Waals surface area contributed by atoms with Gasteiger partial charge in [0.05, 0.1) is 0 Å². The summed E-state index contributed by atoms with van der Waals surface area (Å²) in [5.74, 6) is 0. The minimum atomic E-state index is -3.59. The Morgan fingerprint density at radius 3 is 2.68 bits per heavy atom. The van der Waals surface area contributed by atoms with Gasteiger partial charge in [-0.15, -0.1) is 0 Å². The zero-order chi connectivity index (χ0) is 22.0. The second kappa shape index (κ2) is 9.56. The molecule has 1 saturated heterocycles. The zero-order valence-electron chi connectivity index (χ0n) is 18.2. The van der Waals surface area contributed by atoms with Crippen LogP contribution in [0.2, 0.25) is 0 Å². The molecule has 0 spiro atoms. The van der Waals surface area contributed by atoms with Crippen molar-refractivity contribution in [2.45, 2.75) is 43.6 Å². The number of halogens is 1. The summed E-state index contributed by atoms with van der Waals surface area (Å²) >= 11 is -0.305. The van der Waals surface area contributed by atoms with Gasteiger partial charge in [0.15, 0.2) is 0 Å². The molecule has 0 amide bonds. The van der Waals surface area contributed by atoms with Gasteiger partial charge in [-0.25, -0.2) is 0 Å². The number of rotatable bonds is 7. The minimum absolute atomic E-state index is 0.139. The molecule has 0 atom stereocenters. The van der Waals surface area contributed by atoms with E-state index in [4.69, 9.17) is 4.74 Å². The molecule has 8 heteroatoms. The molecule has 2 aromatic heterocycles. The number of ether oxygens (including phenoxy) is 1. The molecule has 0 unspecified atom stereocenters. The van der Waals surface area contributed by atoms with Gasteiger partial charge in [0.2, 0.25) is 0 Å². The molecule has 0 radical (unpaired) electrons. The van der Waals surface area contributed by atoms with Crippen molar-refractivity contribution in [2.75, 3.05) is 25.1 Å². The Morgan fingerprint density at radius 2 is 2.00 bits per heavy atom. The summed E-state index contributed by atoms with van der Waals surface area (Å²) in [5.41, 5.74) is 4.05. The average molecular weight is 554 g/mol. The number of sulfonamides is 1. The van der Waals surface area contributed by atoms with Gasteiger partial charge in [-0.05, 0) is 0 Å². The number of hydrogen-bond acceptors (Lipinski definition) is 4. The van der Waals surface area contributed by atoms with Crippen molar-refractivity contribution in [1.82, 2.24) is 13.9 Å². The number of pyridine rings is 1. The van der Waals surface area contributed by atoms with Gasteiger partial charge in [0.25, 0.3) is 0 Å². The van der Waals surface area contributed by atoms with Crippen LogP contribution >= 0.6 is 0 Å². The van der Waals surface area contributed by atoms with Crippen LogP contribution < -0.4 is 21.2 Å². The number of piperidine rings is 1. The van der Waals surface area contributed by atoms with Gasteiger partial charge in [0, 0.05) is 0 Å². The third-order valence-electron chi connectivity index (χ3n) is 5.94. The summed E-state index contributed by atoms with van der Waals surface area (Å²) in [6.07, 6.45) is 7.45. The molecule has 31 heavy (non-hydrogen) atoms. The number of nitrogens with zero attached hydrogens (tertiary/aromatic N) is 3. The number of hydrogen-bond donors (Lipinski definition) is 0. The summed E-state index contributed by atoms with van der Waals surface area (Å²) < 4.78 is 37.5. The molecule has 0 saturated carbocycles. The van der Waals surface area contributed by atoms with E-state index in [1.165, 1.54) is 5.56 Å². The summed E-state index contributed by atoms with van der Waals surface area (Å²) in [6, 6.07) is 9.82. The quantitative estimate of drug-likeness (QED) is 0.318. The van der Waals surface area contributed by atoms with Crippen LogP contribution in [-0.2, 0) is 21.2 Å². The van der Waals surface area contributed by atoms with E-state index in [0.717, 1.165) is 45.9 Å². The zero-order valence-corrected chi connectivity index (χ0v) is 21.2. The molecule has 0 aliphatic carbocycles. The summed E-state index contributed by atoms with van der Waals surface area (Å²) in [6.45, 7) is 3.14. The second-order valence-corrected chi connectivity index (χ2v) is 12.0. The molecule has 3 heterocycles. The predicted octanol–water partition coefficient (Wildman–Crippen LogP) is 0.642. The van der Waals surface area contributed by atoms with Crippen molar-refractivity contribution in [3.63, 3.8) is 0 Å². The Balaban J connectivity index is 1.82. The fourth-order valence-corrected chi connectivity index (χ4v) is 7.85. The maximum absolute atomic E-state index is 13.7. The molecular weight excluding hydrogens is 525 g/mol. The van der Waals surface area contributed by atoms with Gasteiger partial charge in [-0.2, -0.15) is 0 Å². The van der Waals surface area contributed by atoms with E-state index >= 15 is 0 Å². The van der Waals surface area contributed by atoms with Crippen LogP contribution in [0.3, 0.4) is 0 Å². The SMILES string of the molecule is CCCc1cnn2ccc(-c3c([I-]C)cccc3S(=O)(=O)N3CCC(OC)CC3)cc12. The monoisotopic (exact) mass is 554 g/mol. The molecular formula is C23H29IN3O3S-. The van der Waals surface area contributed by atoms with Crippen molar-refractivity contribution in [1.29, 1.82) is 0 Å². The van der Waals surface area contributed by atoms with Crippen LogP contribution in [0.4, 0.5) is 0 Å². The molecule has 0 bridgehead atoms. The first kappa shape index (κ1) is 22.7. The maximum atomic E-state index is 13.7. The van der Waals surface area contributed by atoms with E-state index in [2.05, 4.69) is 29.1 Å². The molecule has 1 aliphatic rings. The van der Waals surface area contributed by atoms with Gasteiger partial charge in [-0.1, -0.05) is 0 Å². The van der Waals surface area contributed by atoms with Crippen molar-refractivity contribution in [2.24, 2.45) is 0 Å². The Labute approximate surface area is 194 Å². The van der Waals surface area contributed by atoms with E-state index in [0.29, 0.717) is 18.0 Å². The Morgan fingerprint density at radius 1 is 1.23 bits per heavy atom. The Bertz CT molecular complexity index is 1170. The Kier molecular flexibility index (Phi) is 7.00. The first-order chi connectivity index (χ1) is 15.0. The summed E-state index contributed by atoms with van der Waals surface area (Å²) in [4.78, 5) is 2.60. The molecule has 1 fully saturated rings. The average Bonchev–Trinajstić information content (AvgIpc) is 3.20. The molecule has 1 aromatic carbocycles. The molecule has 0 N–H and O–H groups in total. The second-order valence-electron chi connectivity index (χ2n) is 7.81. The number of benzene rings is 1. The predicted molar refractivity (Wildman–Crippen MR) is 118 cm³/mol. The van der Waals surface area contributed by atoms with Crippen LogP contribution in [0.15, 0.2) is 47.6 Å². The third kappa shape index (κ3) is 4.40. The first-order valence-electron chi connectivity index (χ1n) is 10.6. The van der Waals surface area contributed by atoms with Crippen molar-refractivity contribution >= 4 is 15.5 Å². The van der Waals surface area contributed by atoms with Crippen molar-refractivity contribution < 1.29 is 34.4 Å². The number of methoxy groups -OCH3 is 1. The molecule has 168 valence electrons. The molecule has 3 aromatic rings. The van der Waals surface area contributed by atoms with E-state index in [1.54, 1.807) is 17.5 Å². The number of aryl methyl sites for hydroxylation is 1. The van der Waals surface area contributed by atoms with Gasteiger partial charge >= 0.3 is 196 Å². The van der Waals surface area contributed by atoms with Crippen LogP contribution in [-0.4, -0.2) is 53.6 Å². The number of alkyl halides is 1. The standard InChI is InChI=1S/C23H29IN3O3S/c1-4-6-18-16-25-27-14-9-17(15-21(18)27)23-20(24-2)7-5-8-22(23)31(28,29)26-12-10-19(30-3)11-13-26/h5,7-9,14-16,19H,4,6,10-13H2,1-3H3/q-1. The van der Waals surface area contributed by atoms with Gasteiger partial charge < -0.3 is 0 Å². The van der Waals surface area contributed by atoms with E-state index in [9.17, 15) is 8.42 Å². The van der Waals surface area contributed by atoms with Crippen molar-refractivity contribution in [3.8, 4) is 11.1 Å². The molecule has 6 nitrogen and oxygen atoms in total. The molecule has 4 rings (SSSR count). The fraction of sp³-hybridized carbons (Fsp3) is 0.435. The number of fused-ring (bicyclic) bond motifs is 1. The summed E-state index contributed by atoms with van der Waals surface area (Å²) in [5, 5.41) is 4.46.